The summed E-state index contributed by atoms with van der Waals surface area (Å²) in [5.41, 5.74) is 1.66. The van der Waals surface area contributed by atoms with E-state index >= 15 is 0 Å². The number of ether oxygens (including phenoxy) is 1. The van der Waals surface area contributed by atoms with Gasteiger partial charge in [0.1, 0.15) is 11.3 Å². The average molecular weight is 386 g/mol. The van der Waals surface area contributed by atoms with Gasteiger partial charge in [-0.15, -0.1) is 0 Å². The lowest BCUT2D eigenvalue weighted by Crippen LogP contribution is -2.11. The van der Waals surface area contributed by atoms with Gasteiger partial charge < -0.3 is 9.26 Å². The first-order valence-corrected chi connectivity index (χ1v) is 8.81. The molecule has 26 heavy (non-hydrogen) atoms. The molecule has 6 nitrogen and oxygen atoms in total. The molecule has 1 N–H and O–H groups in total. The van der Waals surface area contributed by atoms with Crippen molar-refractivity contribution in [3.05, 3.63) is 59.2 Å². The first-order valence-electron chi connectivity index (χ1n) is 7.61. The number of carbonyl (C=O) groups excluding carboxylic acids is 1. The van der Waals surface area contributed by atoms with Crippen LogP contribution in [0.15, 0.2) is 53.1 Å². The monoisotopic (exact) mass is 385 g/mol. The molecule has 0 fully saturated rings. The minimum Gasteiger partial charge on any atom is -0.494 e. The van der Waals surface area contributed by atoms with E-state index in [4.69, 9.17) is 20.9 Å². The number of hydrogen-bond acceptors (Lipinski definition) is 6. The van der Waals surface area contributed by atoms with Gasteiger partial charge in [-0.05, 0) is 36.4 Å². The number of amides is 1. The third kappa shape index (κ3) is 3.14. The predicted octanol–water partition coefficient (Wildman–Crippen LogP) is 4.87. The van der Waals surface area contributed by atoms with E-state index in [2.05, 4.69) is 15.5 Å². The number of methoxy groups -OCH3 is 1. The van der Waals surface area contributed by atoms with Gasteiger partial charge >= 0.3 is 0 Å². The second-order valence-electron chi connectivity index (χ2n) is 5.36. The number of nitrogens with zero attached hydrogens (tertiary/aromatic N) is 2. The molecule has 0 unspecified atom stereocenters. The molecule has 0 saturated heterocycles. The number of nitrogens with one attached hydrogen (secondary N) is 1. The molecule has 0 spiro atoms. The maximum atomic E-state index is 12.4. The molecule has 4 aromatic rings. The molecule has 8 heteroatoms. The van der Waals surface area contributed by atoms with E-state index in [1.165, 1.54) is 11.3 Å². The first kappa shape index (κ1) is 16.6. The Labute approximate surface area is 157 Å². The normalized spacial score (nSPS) is 10.8. The van der Waals surface area contributed by atoms with E-state index in [0.29, 0.717) is 27.2 Å². The summed E-state index contributed by atoms with van der Waals surface area (Å²) in [5, 5.41) is 7.66. The van der Waals surface area contributed by atoms with Crippen LogP contribution >= 0.6 is 22.9 Å². The standard InChI is InChI=1S/C18H12ClN3O3S/c1-24-13-3-2-4-15-16(13)20-18(26-15)21-17(23)12-9-14(25-22-12)10-5-7-11(19)8-6-10/h2-9H,1H3,(H,20,21,23). The van der Waals surface area contributed by atoms with Gasteiger partial charge in [-0.3, -0.25) is 10.1 Å². The number of para-hydroxylation sites is 1. The van der Waals surface area contributed by atoms with Crippen molar-refractivity contribution in [2.75, 3.05) is 12.4 Å². The average Bonchev–Trinajstić information content (AvgIpc) is 3.28. The third-order valence-corrected chi connectivity index (χ3v) is 4.88. The quantitative estimate of drug-likeness (QED) is 0.542. The highest BCUT2D eigenvalue weighted by Gasteiger charge is 2.16. The number of carbonyl (C=O) groups is 1. The summed E-state index contributed by atoms with van der Waals surface area (Å²) in [6.45, 7) is 0. The van der Waals surface area contributed by atoms with Crippen molar-refractivity contribution in [2.24, 2.45) is 0 Å². The van der Waals surface area contributed by atoms with Gasteiger partial charge in [0.25, 0.3) is 5.91 Å². The minimum absolute atomic E-state index is 0.168. The number of rotatable bonds is 4. The molecule has 0 bridgehead atoms. The van der Waals surface area contributed by atoms with Crippen molar-refractivity contribution in [3.63, 3.8) is 0 Å². The lowest BCUT2D eigenvalue weighted by atomic mass is 10.1. The molecule has 2 aromatic carbocycles. The molecule has 0 radical (unpaired) electrons. The molecule has 0 atom stereocenters. The van der Waals surface area contributed by atoms with Crippen molar-refractivity contribution in [3.8, 4) is 17.1 Å². The molecule has 1 amide bonds. The van der Waals surface area contributed by atoms with Gasteiger partial charge in [0.15, 0.2) is 16.6 Å². The third-order valence-electron chi connectivity index (χ3n) is 3.69. The summed E-state index contributed by atoms with van der Waals surface area (Å²) in [4.78, 5) is 16.8. The topological polar surface area (TPSA) is 77.2 Å². The van der Waals surface area contributed by atoms with Crippen LogP contribution in [-0.4, -0.2) is 23.2 Å². The Bertz CT molecular complexity index is 1090. The summed E-state index contributed by atoms with van der Waals surface area (Å²) in [6, 6.07) is 14.3. The predicted molar refractivity (Wildman–Crippen MR) is 101 cm³/mol. The minimum atomic E-state index is -0.396. The molecule has 0 saturated carbocycles. The zero-order valence-electron chi connectivity index (χ0n) is 13.5. The van der Waals surface area contributed by atoms with Gasteiger partial charge in [0, 0.05) is 16.7 Å². The van der Waals surface area contributed by atoms with Crippen LogP contribution in [0, 0.1) is 0 Å². The maximum absolute atomic E-state index is 12.4. The number of fused-ring (bicyclic) bond motifs is 1. The highest BCUT2D eigenvalue weighted by Crippen LogP contribution is 2.32. The Kier molecular flexibility index (Phi) is 4.32. The summed E-state index contributed by atoms with van der Waals surface area (Å²) >= 11 is 7.23. The van der Waals surface area contributed by atoms with Gasteiger partial charge in [-0.2, -0.15) is 0 Å². The van der Waals surface area contributed by atoms with Crippen LogP contribution in [-0.2, 0) is 0 Å². The Morgan fingerprint density at radius 3 is 2.81 bits per heavy atom. The first-order chi connectivity index (χ1) is 12.6. The number of hydrogen-bond donors (Lipinski definition) is 1. The highest BCUT2D eigenvalue weighted by atomic mass is 35.5. The van der Waals surface area contributed by atoms with Crippen LogP contribution in [0.1, 0.15) is 10.5 Å². The van der Waals surface area contributed by atoms with Crippen molar-refractivity contribution in [2.45, 2.75) is 0 Å². The molecule has 4 rings (SSSR count). The molecular weight excluding hydrogens is 374 g/mol. The van der Waals surface area contributed by atoms with Crippen LogP contribution in [0.5, 0.6) is 5.75 Å². The van der Waals surface area contributed by atoms with Gasteiger partial charge in [-0.25, -0.2) is 4.98 Å². The SMILES string of the molecule is COc1cccc2sc(NC(=O)c3cc(-c4ccc(Cl)cc4)on3)nc12. The van der Waals surface area contributed by atoms with Crippen LogP contribution in [0.2, 0.25) is 5.02 Å². The van der Waals surface area contributed by atoms with Crippen molar-refractivity contribution in [1.29, 1.82) is 0 Å². The molecule has 0 aliphatic rings. The van der Waals surface area contributed by atoms with E-state index in [-0.39, 0.29) is 5.69 Å². The number of anilines is 1. The zero-order valence-corrected chi connectivity index (χ0v) is 15.1. The lowest BCUT2D eigenvalue weighted by molar-refractivity contribution is 0.101. The van der Waals surface area contributed by atoms with Crippen molar-refractivity contribution >= 4 is 44.2 Å². The molecule has 0 aliphatic heterocycles. The second-order valence-corrected chi connectivity index (χ2v) is 6.83. The molecular formula is C18H12ClN3O3S. The fourth-order valence-electron chi connectivity index (χ4n) is 2.44. The van der Waals surface area contributed by atoms with Crippen LogP contribution in [0.3, 0.4) is 0 Å². The number of thiazole rings is 1. The molecule has 130 valence electrons. The van der Waals surface area contributed by atoms with Gasteiger partial charge in [0.05, 0.1) is 11.8 Å². The van der Waals surface area contributed by atoms with Crippen molar-refractivity contribution < 1.29 is 14.1 Å². The van der Waals surface area contributed by atoms with E-state index in [1.54, 1.807) is 37.4 Å². The fraction of sp³-hybridized carbons (Fsp3) is 0.0556. The van der Waals surface area contributed by atoms with E-state index < -0.39 is 5.91 Å². The van der Waals surface area contributed by atoms with Crippen LogP contribution in [0.4, 0.5) is 5.13 Å². The van der Waals surface area contributed by atoms with Crippen LogP contribution < -0.4 is 10.1 Å². The lowest BCUT2D eigenvalue weighted by Gasteiger charge is -1.98. The zero-order chi connectivity index (χ0) is 18.1. The Hall–Kier alpha value is -2.90. The van der Waals surface area contributed by atoms with Crippen molar-refractivity contribution in [1.82, 2.24) is 10.1 Å². The smallest absolute Gasteiger partial charge is 0.279 e. The summed E-state index contributed by atoms with van der Waals surface area (Å²) in [7, 11) is 1.58. The highest BCUT2D eigenvalue weighted by molar-refractivity contribution is 7.22. The molecule has 2 heterocycles. The Morgan fingerprint density at radius 2 is 2.04 bits per heavy atom. The van der Waals surface area contributed by atoms with Crippen LogP contribution in [0.25, 0.3) is 21.5 Å². The van der Waals surface area contributed by atoms with E-state index in [1.807, 2.05) is 18.2 Å². The Morgan fingerprint density at radius 1 is 1.23 bits per heavy atom. The number of halogens is 1. The summed E-state index contributed by atoms with van der Waals surface area (Å²) in [6.07, 6.45) is 0. The second kappa shape index (κ2) is 6.78. The van der Waals surface area contributed by atoms with E-state index in [9.17, 15) is 4.79 Å². The summed E-state index contributed by atoms with van der Waals surface area (Å²) in [5.74, 6) is 0.746. The van der Waals surface area contributed by atoms with E-state index in [0.717, 1.165) is 10.3 Å². The summed E-state index contributed by atoms with van der Waals surface area (Å²) < 4.78 is 11.5. The van der Waals surface area contributed by atoms with Gasteiger partial charge in [-0.1, -0.05) is 34.2 Å². The molecule has 2 aromatic heterocycles. The number of benzene rings is 2. The van der Waals surface area contributed by atoms with Gasteiger partial charge in [0.2, 0.25) is 0 Å². The maximum Gasteiger partial charge on any atom is 0.279 e. The Balaban J connectivity index is 1.56. The largest absolute Gasteiger partial charge is 0.494 e. The molecule has 0 aliphatic carbocycles. The fourth-order valence-corrected chi connectivity index (χ4v) is 3.44. The number of aromatic nitrogens is 2.